The summed E-state index contributed by atoms with van der Waals surface area (Å²) >= 11 is 8.07. The van der Waals surface area contributed by atoms with Crippen LogP contribution in [0.25, 0.3) is 0 Å². The van der Waals surface area contributed by atoms with Crippen molar-refractivity contribution in [2.24, 2.45) is 0 Å². The zero-order valence-corrected chi connectivity index (χ0v) is 14.1. The average molecular weight is 313 g/mol. The molecule has 1 rings (SSSR count). The second kappa shape index (κ2) is 10.3. The van der Waals surface area contributed by atoms with Gasteiger partial charge in [0.2, 0.25) is 0 Å². The number of carbonyl (C=O) groups excluding carboxylic acids is 1. The molecule has 0 aromatic heterocycles. The largest absolute Gasteiger partial charge is 0.300 e. The van der Waals surface area contributed by atoms with Crippen LogP contribution in [0.4, 0.5) is 0 Å². The number of Topliss-reactive ketones (excluding diaryl/α,β-unsaturated/α-hetero) is 1. The summed E-state index contributed by atoms with van der Waals surface area (Å²) in [5.41, 5.74) is 1.10. The maximum Gasteiger partial charge on any atom is 0.134 e. The first-order valence-electron chi connectivity index (χ1n) is 7.56. The van der Waals surface area contributed by atoms with Crippen molar-refractivity contribution in [2.75, 3.05) is 5.75 Å². The predicted molar refractivity (Wildman–Crippen MR) is 90.7 cm³/mol. The van der Waals surface area contributed by atoms with Gasteiger partial charge in [-0.2, -0.15) is 11.8 Å². The lowest BCUT2D eigenvalue weighted by Crippen LogP contribution is -2.05. The van der Waals surface area contributed by atoms with Crippen molar-refractivity contribution in [3.05, 3.63) is 34.9 Å². The second-order valence-corrected chi connectivity index (χ2v) is 6.91. The molecule has 0 bridgehead atoms. The van der Waals surface area contributed by atoms with Gasteiger partial charge in [-0.25, -0.2) is 0 Å². The lowest BCUT2D eigenvalue weighted by molar-refractivity contribution is -0.119. The number of carbonyl (C=O) groups is 1. The summed E-state index contributed by atoms with van der Waals surface area (Å²) in [4.78, 5) is 12.1. The zero-order valence-electron chi connectivity index (χ0n) is 12.5. The fourth-order valence-corrected chi connectivity index (χ4v) is 3.68. The molecule has 0 N–H and O–H groups in total. The SMILES string of the molecule is CCCCCCC(=O)C[C@@H](SCC)c1ccccc1Cl. The van der Waals surface area contributed by atoms with Crippen LogP contribution in [0.1, 0.15) is 63.2 Å². The van der Waals surface area contributed by atoms with Gasteiger partial charge in [0.1, 0.15) is 5.78 Å². The van der Waals surface area contributed by atoms with Gasteiger partial charge in [0.25, 0.3) is 0 Å². The Bertz CT molecular complexity index is 406. The molecule has 0 heterocycles. The highest BCUT2D eigenvalue weighted by atomic mass is 35.5. The summed E-state index contributed by atoms with van der Waals surface area (Å²) in [5, 5.41) is 0.976. The molecule has 0 aliphatic heterocycles. The van der Waals surface area contributed by atoms with Crippen LogP contribution in [0.5, 0.6) is 0 Å². The van der Waals surface area contributed by atoms with E-state index < -0.39 is 0 Å². The molecule has 0 fully saturated rings. The summed E-state index contributed by atoms with van der Waals surface area (Å²) in [6.07, 6.45) is 5.95. The molecule has 0 aliphatic carbocycles. The molecule has 112 valence electrons. The highest BCUT2D eigenvalue weighted by Crippen LogP contribution is 2.36. The molecule has 0 amide bonds. The minimum atomic E-state index is 0.201. The lowest BCUT2D eigenvalue weighted by atomic mass is 10.0. The van der Waals surface area contributed by atoms with E-state index in [-0.39, 0.29) is 5.25 Å². The highest BCUT2D eigenvalue weighted by molar-refractivity contribution is 7.99. The number of unbranched alkanes of at least 4 members (excludes halogenated alkanes) is 3. The van der Waals surface area contributed by atoms with E-state index in [9.17, 15) is 4.79 Å². The number of rotatable bonds is 10. The lowest BCUT2D eigenvalue weighted by Gasteiger charge is -2.17. The van der Waals surface area contributed by atoms with Crippen LogP contribution in [0.2, 0.25) is 5.02 Å². The van der Waals surface area contributed by atoms with Crippen molar-refractivity contribution >= 4 is 29.1 Å². The van der Waals surface area contributed by atoms with Crippen LogP contribution in [-0.2, 0) is 4.79 Å². The maximum atomic E-state index is 12.1. The minimum absolute atomic E-state index is 0.201. The number of hydrogen-bond acceptors (Lipinski definition) is 2. The van der Waals surface area contributed by atoms with E-state index >= 15 is 0 Å². The smallest absolute Gasteiger partial charge is 0.134 e. The van der Waals surface area contributed by atoms with Crippen molar-refractivity contribution in [2.45, 2.75) is 57.6 Å². The van der Waals surface area contributed by atoms with Crippen molar-refractivity contribution in [3.8, 4) is 0 Å². The number of ketones is 1. The Balaban J connectivity index is 2.55. The first-order chi connectivity index (χ1) is 9.69. The monoisotopic (exact) mass is 312 g/mol. The zero-order chi connectivity index (χ0) is 14.8. The Labute approximate surface area is 132 Å². The van der Waals surface area contributed by atoms with Crippen LogP contribution in [-0.4, -0.2) is 11.5 Å². The van der Waals surface area contributed by atoms with Gasteiger partial charge in [-0.05, 0) is 23.8 Å². The predicted octanol–water partition coefficient (Wildman–Crippen LogP) is 6.06. The van der Waals surface area contributed by atoms with Gasteiger partial charge >= 0.3 is 0 Å². The number of benzene rings is 1. The summed E-state index contributed by atoms with van der Waals surface area (Å²) in [6, 6.07) is 7.88. The second-order valence-electron chi connectivity index (χ2n) is 5.02. The Kier molecular flexibility index (Phi) is 9.04. The normalized spacial score (nSPS) is 12.3. The van der Waals surface area contributed by atoms with E-state index in [1.807, 2.05) is 36.0 Å². The Morgan fingerprint density at radius 3 is 2.60 bits per heavy atom. The Morgan fingerprint density at radius 2 is 1.95 bits per heavy atom. The van der Waals surface area contributed by atoms with Gasteiger partial charge in [0.05, 0.1) is 0 Å². The Hall–Kier alpha value is -0.470. The van der Waals surface area contributed by atoms with Gasteiger partial charge in [0.15, 0.2) is 0 Å². The fourth-order valence-electron chi connectivity index (χ4n) is 2.25. The van der Waals surface area contributed by atoms with E-state index in [1.165, 1.54) is 19.3 Å². The third-order valence-corrected chi connectivity index (χ3v) is 4.84. The molecule has 20 heavy (non-hydrogen) atoms. The number of halogens is 1. The number of hydrogen-bond donors (Lipinski definition) is 0. The summed E-state index contributed by atoms with van der Waals surface area (Å²) < 4.78 is 0. The summed E-state index contributed by atoms with van der Waals surface area (Å²) in [7, 11) is 0. The average Bonchev–Trinajstić information content (AvgIpc) is 2.44. The molecule has 3 heteroatoms. The minimum Gasteiger partial charge on any atom is -0.300 e. The van der Waals surface area contributed by atoms with Crippen molar-refractivity contribution in [1.29, 1.82) is 0 Å². The first kappa shape index (κ1) is 17.6. The van der Waals surface area contributed by atoms with E-state index in [0.717, 1.165) is 22.8 Å². The summed E-state index contributed by atoms with van der Waals surface area (Å²) in [5.74, 6) is 1.37. The standard InChI is InChI=1S/C17H25ClOS/c1-3-5-6-7-10-14(19)13-17(20-4-2)15-11-8-9-12-16(15)18/h8-9,11-12,17H,3-7,10,13H2,1-2H3/t17-/m1/s1. The van der Waals surface area contributed by atoms with Crippen molar-refractivity contribution in [3.63, 3.8) is 0 Å². The molecular weight excluding hydrogens is 288 g/mol. The van der Waals surface area contributed by atoms with Crippen LogP contribution in [0.15, 0.2) is 24.3 Å². The molecule has 0 radical (unpaired) electrons. The van der Waals surface area contributed by atoms with E-state index in [2.05, 4.69) is 13.8 Å². The molecule has 1 atom stereocenters. The molecular formula is C17H25ClOS. The molecule has 0 spiro atoms. The van der Waals surface area contributed by atoms with Gasteiger partial charge in [-0.3, -0.25) is 4.79 Å². The quantitative estimate of drug-likeness (QED) is 0.488. The van der Waals surface area contributed by atoms with Crippen molar-refractivity contribution in [1.82, 2.24) is 0 Å². The van der Waals surface area contributed by atoms with E-state index in [1.54, 1.807) is 0 Å². The molecule has 1 aromatic carbocycles. The van der Waals surface area contributed by atoms with E-state index in [4.69, 9.17) is 11.6 Å². The van der Waals surface area contributed by atoms with Gasteiger partial charge in [-0.1, -0.05) is 62.9 Å². The highest BCUT2D eigenvalue weighted by Gasteiger charge is 2.17. The number of thioether (sulfide) groups is 1. The summed E-state index contributed by atoms with van der Waals surface area (Å²) in [6.45, 7) is 4.31. The van der Waals surface area contributed by atoms with E-state index in [0.29, 0.717) is 18.6 Å². The third kappa shape index (κ3) is 6.32. The van der Waals surface area contributed by atoms with Gasteiger partial charge < -0.3 is 0 Å². The van der Waals surface area contributed by atoms with Crippen LogP contribution < -0.4 is 0 Å². The molecule has 0 saturated carbocycles. The van der Waals surface area contributed by atoms with Gasteiger partial charge in [-0.15, -0.1) is 0 Å². The Morgan fingerprint density at radius 1 is 1.20 bits per heavy atom. The molecule has 0 unspecified atom stereocenters. The molecule has 0 aliphatic rings. The van der Waals surface area contributed by atoms with Gasteiger partial charge in [0, 0.05) is 23.1 Å². The van der Waals surface area contributed by atoms with Crippen LogP contribution in [0, 0.1) is 0 Å². The third-order valence-electron chi connectivity index (χ3n) is 3.34. The topological polar surface area (TPSA) is 17.1 Å². The van der Waals surface area contributed by atoms with Crippen molar-refractivity contribution < 1.29 is 4.79 Å². The fraction of sp³-hybridized carbons (Fsp3) is 0.588. The van der Waals surface area contributed by atoms with Crippen LogP contribution in [0.3, 0.4) is 0 Å². The molecule has 0 saturated heterocycles. The maximum absolute atomic E-state index is 12.1. The molecule has 1 nitrogen and oxygen atoms in total. The van der Waals surface area contributed by atoms with Crippen LogP contribution >= 0.6 is 23.4 Å². The molecule has 1 aromatic rings. The first-order valence-corrected chi connectivity index (χ1v) is 8.99.